The van der Waals surface area contributed by atoms with Crippen LogP contribution in [0.3, 0.4) is 0 Å². The molecule has 0 radical (unpaired) electrons. The average molecular weight is 288 g/mol. The fraction of sp³-hybridized carbons (Fsp3) is 0.438. The quantitative estimate of drug-likeness (QED) is 0.934. The van der Waals surface area contributed by atoms with Crippen LogP contribution < -0.4 is 5.32 Å². The third-order valence-corrected chi connectivity index (χ3v) is 5.09. The third-order valence-electron chi connectivity index (χ3n) is 3.85. The summed E-state index contributed by atoms with van der Waals surface area (Å²) in [5, 5.41) is 4.54. The normalized spacial score (nSPS) is 18.0. The molecule has 0 aliphatic heterocycles. The molecule has 3 nitrogen and oxygen atoms in total. The molecule has 0 fully saturated rings. The number of benzene rings is 1. The second-order valence-electron chi connectivity index (χ2n) is 5.15. The average Bonchev–Trinajstić information content (AvgIpc) is 2.92. The van der Waals surface area contributed by atoms with Gasteiger partial charge < -0.3 is 10.1 Å². The maximum absolute atomic E-state index is 5.30. The Morgan fingerprint density at radius 3 is 3.05 bits per heavy atom. The lowest BCUT2D eigenvalue weighted by molar-refractivity contribution is 0.185. The summed E-state index contributed by atoms with van der Waals surface area (Å²) < 4.78 is 5.30. The van der Waals surface area contributed by atoms with Crippen LogP contribution in [0.25, 0.3) is 10.6 Å². The van der Waals surface area contributed by atoms with Gasteiger partial charge in [0.15, 0.2) is 0 Å². The van der Waals surface area contributed by atoms with Gasteiger partial charge in [0.05, 0.1) is 12.3 Å². The van der Waals surface area contributed by atoms with E-state index in [9.17, 15) is 0 Å². The number of methoxy groups -OCH3 is 1. The van der Waals surface area contributed by atoms with E-state index < -0.39 is 0 Å². The van der Waals surface area contributed by atoms with Gasteiger partial charge in [-0.05, 0) is 31.9 Å². The number of nitrogens with one attached hydrogen (secondary N) is 1. The molecule has 3 rings (SSSR count). The van der Waals surface area contributed by atoms with Crippen LogP contribution >= 0.6 is 11.3 Å². The van der Waals surface area contributed by atoms with Crippen LogP contribution in [0.15, 0.2) is 24.3 Å². The van der Waals surface area contributed by atoms with E-state index in [1.165, 1.54) is 34.5 Å². The highest BCUT2D eigenvalue weighted by atomic mass is 32.1. The lowest BCUT2D eigenvalue weighted by Gasteiger charge is -2.19. The van der Waals surface area contributed by atoms with E-state index in [1.54, 1.807) is 7.11 Å². The first-order valence-electron chi connectivity index (χ1n) is 7.07. The molecule has 0 saturated carbocycles. The number of aromatic nitrogens is 1. The predicted octanol–water partition coefficient (Wildman–Crippen LogP) is 3.55. The van der Waals surface area contributed by atoms with Crippen molar-refractivity contribution in [2.45, 2.75) is 31.9 Å². The maximum atomic E-state index is 5.30. The Labute approximate surface area is 124 Å². The number of rotatable bonds is 4. The van der Waals surface area contributed by atoms with Gasteiger partial charge in [-0.25, -0.2) is 4.98 Å². The van der Waals surface area contributed by atoms with Gasteiger partial charge in [-0.15, -0.1) is 11.3 Å². The lowest BCUT2D eigenvalue weighted by Crippen LogP contribution is -2.19. The highest BCUT2D eigenvalue weighted by molar-refractivity contribution is 7.15. The van der Waals surface area contributed by atoms with Crippen molar-refractivity contribution < 1.29 is 4.74 Å². The highest BCUT2D eigenvalue weighted by Crippen LogP contribution is 2.38. The zero-order chi connectivity index (χ0) is 13.9. The number of hydrogen-bond donors (Lipinski definition) is 1. The Bertz CT molecular complexity index is 594. The van der Waals surface area contributed by atoms with Crippen LogP contribution in [0.2, 0.25) is 0 Å². The Morgan fingerprint density at radius 2 is 2.25 bits per heavy atom. The SMILES string of the molecule is CNC1CCCc2nc(-c3ccccc3COC)sc21. The van der Waals surface area contributed by atoms with Crippen molar-refractivity contribution in [3.8, 4) is 10.6 Å². The van der Waals surface area contributed by atoms with Crippen molar-refractivity contribution in [3.63, 3.8) is 0 Å². The zero-order valence-corrected chi connectivity index (χ0v) is 12.8. The molecule has 1 atom stereocenters. The smallest absolute Gasteiger partial charge is 0.124 e. The van der Waals surface area contributed by atoms with Gasteiger partial charge in [0, 0.05) is 23.6 Å². The molecule has 1 aromatic carbocycles. The Kier molecular flexibility index (Phi) is 4.15. The molecule has 1 aliphatic rings. The van der Waals surface area contributed by atoms with Crippen LogP contribution in [0, 0.1) is 0 Å². The Morgan fingerprint density at radius 1 is 1.40 bits per heavy atom. The first kappa shape index (κ1) is 13.7. The van der Waals surface area contributed by atoms with Gasteiger partial charge in [-0.3, -0.25) is 0 Å². The van der Waals surface area contributed by atoms with Crippen LogP contribution in [0.1, 0.15) is 35.0 Å². The number of fused-ring (bicyclic) bond motifs is 1. The molecule has 0 amide bonds. The van der Waals surface area contributed by atoms with E-state index in [0.717, 1.165) is 11.4 Å². The van der Waals surface area contributed by atoms with Crippen molar-refractivity contribution in [2.75, 3.05) is 14.2 Å². The molecule has 1 aliphatic carbocycles. The molecule has 20 heavy (non-hydrogen) atoms. The first-order chi connectivity index (χ1) is 9.83. The number of ether oxygens (including phenoxy) is 1. The molecule has 0 bridgehead atoms. The summed E-state index contributed by atoms with van der Waals surface area (Å²) in [6.07, 6.45) is 3.54. The summed E-state index contributed by atoms with van der Waals surface area (Å²) in [5.41, 5.74) is 3.70. The fourth-order valence-corrected chi connectivity index (χ4v) is 4.14. The summed E-state index contributed by atoms with van der Waals surface area (Å²) in [5.74, 6) is 0. The monoisotopic (exact) mass is 288 g/mol. The highest BCUT2D eigenvalue weighted by Gasteiger charge is 2.24. The van der Waals surface area contributed by atoms with Gasteiger partial charge in [0.25, 0.3) is 0 Å². The molecule has 1 aromatic heterocycles. The maximum Gasteiger partial charge on any atom is 0.124 e. The Balaban J connectivity index is 2.01. The van der Waals surface area contributed by atoms with Gasteiger partial charge in [0.2, 0.25) is 0 Å². The number of hydrogen-bond acceptors (Lipinski definition) is 4. The number of aryl methyl sites for hydroxylation is 1. The summed E-state index contributed by atoms with van der Waals surface area (Å²) in [6.45, 7) is 0.635. The molecule has 2 aromatic rings. The minimum absolute atomic E-state index is 0.472. The van der Waals surface area contributed by atoms with E-state index in [1.807, 2.05) is 18.4 Å². The fourth-order valence-electron chi connectivity index (χ4n) is 2.82. The molecule has 4 heteroatoms. The van der Waals surface area contributed by atoms with Crippen LogP contribution in [0.5, 0.6) is 0 Å². The lowest BCUT2D eigenvalue weighted by atomic mass is 9.98. The molecular formula is C16H20N2OS. The van der Waals surface area contributed by atoms with E-state index in [-0.39, 0.29) is 0 Å². The van der Waals surface area contributed by atoms with Gasteiger partial charge in [-0.1, -0.05) is 24.3 Å². The van der Waals surface area contributed by atoms with E-state index in [4.69, 9.17) is 9.72 Å². The van der Waals surface area contributed by atoms with Crippen molar-refractivity contribution in [3.05, 3.63) is 40.4 Å². The molecular weight excluding hydrogens is 268 g/mol. The minimum atomic E-state index is 0.472. The van der Waals surface area contributed by atoms with Crippen LogP contribution in [-0.4, -0.2) is 19.1 Å². The van der Waals surface area contributed by atoms with Gasteiger partial charge >= 0.3 is 0 Å². The van der Waals surface area contributed by atoms with Crippen molar-refractivity contribution in [1.29, 1.82) is 0 Å². The van der Waals surface area contributed by atoms with Crippen molar-refractivity contribution in [1.82, 2.24) is 10.3 Å². The molecule has 0 spiro atoms. The second-order valence-corrected chi connectivity index (χ2v) is 6.18. The molecule has 0 saturated heterocycles. The third kappa shape index (κ3) is 2.51. The van der Waals surface area contributed by atoms with Crippen molar-refractivity contribution >= 4 is 11.3 Å². The van der Waals surface area contributed by atoms with Crippen LogP contribution in [0.4, 0.5) is 0 Å². The zero-order valence-electron chi connectivity index (χ0n) is 12.0. The molecule has 1 unspecified atom stereocenters. The van der Waals surface area contributed by atoms with Crippen molar-refractivity contribution in [2.24, 2.45) is 0 Å². The summed E-state index contributed by atoms with van der Waals surface area (Å²) in [4.78, 5) is 6.30. The summed E-state index contributed by atoms with van der Waals surface area (Å²) in [7, 11) is 3.78. The standard InChI is InChI=1S/C16H20N2OS/c1-17-13-8-5-9-14-15(13)20-16(18-14)12-7-4-3-6-11(12)10-19-2/h3-4,6-7,13,17H,5,8-10H2,1-2H3. The summed E-state index contributed by atoms with van der Waals surface area (Å²) >= 11 is 1.83. The molecule has 1 N–H and O–H groups in total. The number of nitrogens with zero attached hydrogens (tertiary/aromatic N) is 1. The van der Waals surface area contributed by atoms with E-state index in [0.29, 0.717) is 12.6 Å². The van der Waals surface area contributed by atoms with E-state index in [2.05, 4.69) is 29.6 Å². The second kappa shape index (κ2) is 6.04. The minimum Gasteiger partial charge on any atom is -0.380 e. The summed E-state index contributed by atoms with van der Waals surface area (Å²) in [6, 6.07) is 8.87. The molecule has 106 valence electrons. The van der Waals surface area contributed by atoms with Gasteiger partial charge in [-0.2, -0.15) is 0 Å². The topological polar surface area (TPSA) is 34.2 Å². The molecule has 1 heterocycles. The van der Waals surface area contributed by atoms with Crippen LogP contribution in [-0.2, 0) is 17.8 Å². The largest absolute Gasteiger partial charge is 0.380 e. The Hall–Kier alpha value is -1.23. The van der Waals surface area contributed by atoms with Gasteiger partial charge in [0.1, 0.15) is 5.01 Å². The first-order valence-corrected chi connectivity index (χ1v) is 7.89. The number of thiazole rings is 1. The predicted molar refractivity (Wildman–Crippen MR) is 83.0 cm³/mol. The van der Waals surface area contributed by atoms with E-state index >= 15 is 0 Å².